The molecule has 1 aromatic carbocycles. The summed E-state index contributed by atoms with van der Waals surface area (Å²) < 4.78 is 0. The second-order valence-electron chi connectivity index (χ2n) is 7.06. The van der Waals surface area contributed by atoms with E-state index in [2.05, 4.69) is 20.8 Å². The molecule has 0 saturated carbocycles. The number of nitrogens with zero attached hydrogens (tertiary/aromatic N) is 1. The number of rotatable bonds is 2. The monoisotopic (exact) mass is 308 g/mol. The summed E-state index contributed by atoms with van der Waals surface area (Å²) in [4.78, 5) is 14.3. The van der Waals surface area contributed by atoms with Crippen LogP contribution >= 0.6 is 11.6 Å². The van der Waals surface area contributed by atoms with Crippen molar-refractivity contribution in [1.82, 2.24) is 4.90 Å². The number of likely N-dealkylation sites (tertiary alicyclic amines) is 1. The van der Waals surface area contributed by atoms with Gasteiger partial charge in [0.2, 0.25) is 5.91 Å². The van der Waals surface area contributed by atoms with Crippen LogP contribution in [0, 0.1) is 11.3 Å². The Hall–Kier alpha value is -1.22. The van der Waals surface area contributed by atoms with Crippen LogP contribution in [0.5, 0.6) is 0 Å². The highest BCUT2D eigenvalue weighted by Gasteiger charge is 2.29. The van der Waals surface area contributed by atoms with Crippen molar-refractivity contribution in [2.24, 2.45) is 11.3 Å². The molecule has 1 atom stereocenters. The molecule has 0 aromatic heterocycles. The van der Waals surface area contributed by atoms with Crippen LogP contribution in [-0.4, -0.2) is 17.4 Å². The highest BCUT2D eigenvalue weighted by molar-refractivity contribution is 6.33. The van der Waals surface area contributed by atoms with Gasteiger partial charge in [0.15, 0.2) is 0 Å². The molecule has 21 heavy (non-hydrogen) atoms. The number of carbonyl (C=O) groups is 1. The van der Waals surface area contributed by atoms with Crippen molar-refractivity contribution in [3.05, 3.63) is 28.8 Å². The Bertz CT molecular complexity index is 522. The lowest BCUT2D eigenvalue weighted by molar-refractivity contribution is -0.131. The lowest BCUT2D eigenvalue weighted by Gasteiger charge is -2.29. The minimum Gasteiger partial charge on any atom is -0.398 e. The van der Waals surface area contributed by atoms with E-state index < -0.39 is 0 Å². The third-order valence-corrected chi connectivity index (χ3v) is 4.81. The van der Waals surface area contributed by atoms with Crippen LogP contribution in [-0.2, 0) is 11.3 Å². The molecule has 116 valence electrons. The Morgan fingerprint density at radius 3 is 2.67 bits per heavy atom. The Labute approximate surface area is 132 Å². The smallest absolute Gasteiger partial charge is 0.222 e. The number of amides is 1. The number of hydrogen-bond acceptors (Lipinski definition) is 2. The predicted octanol–water partition coefficient (Wildman–Crippen LogP) is 4.10. The molecular weight excluding hydrogens is 284 g/mol. The van der Waals surface area contributed by atoms with Gasteiger partial charge in [-0.2, -0.15) is 0 Å². The van der Waals surface area contributed by atoms with Gasteiger partial charge in [-0.1, -0.05) is 38.4 Å². The van der Waals surface area contributed by atoms with Crippen molar-refractivity contribution in [1.29, 1.82) is 0 Å². The molecule has 2 rings (SSSR count). The van der Waals surface area contributed by atoms with E-state index in [1.165, 1.54) is 0 Å². The summed E-state index contributed by atoms with van der Waals surface area (Å²) in [5.41, 5.74) is 7.71. The Kier molecular flexibility index (Phi) is 4.82. The maximum absolute atomic E-state index is 12.3. The number of anilines is 1. The molecule has 1 saturated heterocycles. The van der Waals surface area contributed by atoms with E-state index in [0.717, 1.165) is 24.9 Å². The number of benzene rings is 1. The van der Waals surface area contributed by atoms with E-state index in [1.54, 1.807) is 6.07 Å². The topological polar surface area (TPSA) is 46.3 Å². The quantitative estimate of drug-likeness (QED) is 0.836. The summed E-state index contributed by atoms with van der Waals surface area (Å²) in [6.07, 6.45) is 2.70. The predicted molar refractivity (Wildman–Crippen MR) is 88.1 cm³/mol. The highest BCUT2D eigenvalue weighted by Crippen LogP contribution is 2.35. The first kappa shape index (κ1) is 16.2. The molecule has 0 spiro atoms. The number of carbonyl (C=O) groups excluding carboxylic acids is 1. The molecule has 1 unspecified atom stereocenters. The molecule has 1 aliphatic rings. The highest BCUT2D eigenvalue weighted by atomic mass is 35.5. The lowest BCUT2D eigenvalue weighted by atomic mass is 9.77. The lowest BCUT2D eigenvalue weighted by Crippen LogP contribution is -2.30. The molecule has 1 fully saturated rings. The van der Waals surface area contributed by atoms with Crippen molar-refractivity contribution in [3.8, 4) is 0 Å². The molecule has 1 heterocycles. The van der Waals surface area contributed by atoms with Crippen molar-refractivity contribution in [2.45, 2.75) is 46.6 Å². The van der Waals surface area contributed by atoms with E-state index in [0.29, 0.717) is 29.6 Å². The van der Waals surface area contributed by atoms with E-state index >= 15 is 0 Å². The van der Waals surface area contributed by atoms with E-state index in [4.69, 9.17) is 17.3 Å². The summed E-state index contributed by atoms with van der Waals surface area (Å²) >= 11 is 5.94. The first-order valence-electron chi connectivity index (χ1n) is 7.59. The zero-order valence-electron chi connectivity index (χ0n) is 13.2. The van der Waals surface area contributed by atoms with Gasteiger partial charge in [0.25, 0.3) is 0 Å². The Balaban J connectivity index is 2.06. The maximum Gasteiger partial charge on any atom is 0.222 e. The van der Waals surface area contributed by atoms with Gasteiger partial charge < -0.3 is 10.6 Å². The normalized spacial score (nSPS) is 20.5. The number of nitrogen functional groups attached to an aromatic ring is 1. The van der Waals surface area contributed by atoms with Gasteiger partial charge in [-0.05, 0) is 41.9 Å². The van der Waals surface area contributed by atoms with Crippen LogP contribution in [0.1, 0.15) is 45.6 Å². The SMILES string of the molecule is CC(C)(C)C1CCC(=O)N(Cc2ccc(Cl)c(N)c2)CC1. The largest absolute Gasteiger partial charge is 0.398 e. The third-order valence-electron chi connectivity index (χ3n) is 4.47. The summed E-state index contributed by atoms with van der Waals surface area (Å²) in [6, 6.07) is 5.60. The minimum atomic E-state index is 0.246. The summed E-state index contributed by atoms with van der Waals surface area (Å²) in [5, 5.41) is 0.564. The van der Waals surface area contributed by atoms with Crippen LogP contribution in [0.3, 0.4) is 0 Å². The van der Waals surface area contributed by atoms with Gasteiger partial charge in [-0.25, -0.2) is 0 Å². The van der Waals surface area contributed by atoms with Crippen LogP contribution in [0.4, 0.5) is 5.69 Å². The van der Waals surface area contributed by atoms with Crippen molar-refractivity contribution in [3.63, 3.8) is 0 Å². The average Bonchev–Trinajstić information content (AvgIpc) is 2.57. The molecule has 1 aliphatic heterocycles. The number of halogens is 1. The second kappa shape index (κ2) is 6.27. The fourth-order valence-electron chi connectivity index (χ4n) is 2.98. The van der Waals surface area contributed by atoms with Gasteiger partial charge in [0, 0.05) is 19.5 Å². The fourth-order valence-corrected chi connectivity index (χ4v) is 3.10. The van der Waals surface area contributed by atoms with Crippen LogP contribution in [0.15, 0.2) is 18.2 Å². The zero-order valence-corrected chi connectivity index (χ0v) is 13.9. The van der Waals surface area contributed by atoms with Crippen molar-refractivity contribution in [2.75, 3.05) is 12.3 Å². The van der Waals surface area contributed by atoms with Gasteiger partial charge >= 0.3 is 0 Å². The molecule has 1 aromatic rings. The van der Waals surface area contributed by atoms with Gasteiger partial charge in [0.1, 0.15) is 0 Å². The second-order valence-corrected chi connectivity index (χ2v) is 7.47. The van der Waals surface area contributed by atoms with E-state index in [1.807, 2.05) is 17.0 Å². The van der Waals surface area contributed by atoms with E-state index in [-0.39, 0.29) is 11.3 Å². The molecule has 4 heteroatoms. The minimum absolute atomic E-state index is 0.246. The van der Waals surface area contributed by atoms with Crippen LogP contribution in [0.2, 0.25) is 5.02 Å². The molecule has 3 nitrogen and oxygen atoms in total. The molecule has 2 N–H and O–H groups in total. The summed E-state index contributed by atoms with van der Waals surface area (Å²) in [7, 11) is 0. The standard InChI is InChI=1S/C17H25ClN2O/c1-17(2,3)13-5-7-16(21)20(9-8-13)11-12-4-6-14(18)15(19)10-12/h4,6,10,13H,5,7-9,11,19H2,1-3H3. The number of hydrogen-bond donors (Lipinski definition) is 1. The molecule has 0 aliphatic carbocycles. The first-order chi connectivity index (χ1) is 9.77. The Morgan fingerprint density at radius 1 is 1.33 bits per heavy atom. The van der Waals surface area contributed by atoms with Crippen molar-refractivity contribution < 1.29 is 4.79 Å². The maximum atomic E-state index is 12.3. The van der Waals surface area contributed by atoms with E-state index in [9.17, 15) is 4.79 Å². The van der Waals surface area contributed by atoms with Gasteiger partial charge in [-0.15, -0.1) is 0 Å². The average molecular weight is 309 g/mol. The van der Waals surface area contributed by atoms with Crippen molar-refractivity contribution >= 4 is 23.2 Å². The zero-order chi connectivity index (χ0) is 15.6. The van der Waals surface area contributed by atoms with Crippen LogP contribution in [0.25, 0.3) is 0 Å². The third kappa shape index (κ3) is 4.13. The Morgan fingerprint density at radius 2 is 2.05 bits per heavy atom. The molecular formula is C17H25ClN2O. The van der Waals surface area contributed by atoms with Gasteiger partial charge in [0.05, 0.1) is 10.7 Å². The molecule has 0 bridgehead atoms. The summed E-state index contributed by atoms with van der Waals surface area (Å²) in [6.45, 7) is 8.23. The van der Waals surface area contributed by atoms with Gasteiger partial charge in [-0.3, -0.25) is 4.79 Å². The first-order valence-corrected chi connectivity index (χ1v) is 7.97. The number of nitrogens with two attached hydrogens (primary N) is 1. The fraction of sp³-hybridized carbons (Fsp3) is 0.588. The summed E-state index contributed by atoms with van der Waals surface area (Å²) in [5.74, 6) is 0.844. The van der Waals surface area contributed by atoms with Crippen LogP contribution < -0.4 is 5.73 Å². The molecule has 0 radical (unpaired) electrons. The molecule has 1 amide bonds.